The summed E-state index contributed by atoms with van der Waals surface area (Å²) >= 11 is 7.17. The van der Waals surface area contributed by atoms with Gasteiger partial charge in [0.25, 0.3) is 0 Å². The Morgan fingerprint density at radius 2 is 2.15 bits per heavy atom. The Labute approximate surface area is 127 Å². The molecule has 20 heavy (non-hydrogen) atoms. The smallest absolute Gasteiger partial charge is 0.322 e. The number of carboxylic acids is 1. The fraction of sp³-hybridized carbons (Fsp3) is 0.417. The normalized spacial score (nSPS) is 23.9. The Hall–Kier alpha value is -0.760. The number of rotatable bonds is 3. The minimum absolute atomic E-state index is 0.0607. The van der Waals surface area contributed by atoms with Crippen LogP contribution in [0.25, 0.3) is 0 Å². The monoisotopic (exact) mass is 335 g/mol. The molecule has 2 atom stereocenters. The van der Waals surface area contributed by atoms with Gasteiger partial charge in [0, 0.05) is 10.8 Å². The molecule has 1 fully saturated rings. The fourth-order valence-electron chi connectivity index (χ4n) is 2.14. The molecule has 0 amide bonds. The van der Waals surface area contributed by atoms with E-state index in [4.69, 9.17) is 11.6 Å². The number of sulfonamides is 1. The molecule has 1 heterocycles. The summed E-state index contributed by atoms with van der Waals surface area (Å²) in [5.41, 5.74) is 0.544. The van der Waals surface area contributed by atoms with Crippen molar-refractivity contribution >= 4 is 39.4 Å². The van der Waals surface area contributed by atoms with E-state index < -0.39 is 27.4 Å². The van der Waals surface area contributed by atoms with E-state index in [0.717, 1.165) is 4.31 Å². The number of halogens is 1. The van der Waals surface area contributed by atoms with Crippen molar-refractivity contribution in [3.05, 3.63) is 28.8 Å². The Morgan fingerprint density at radius 3 is 2.75 bits per heavy atom. The first-order valence-corrected chi connectivity index (χ1v) is 8.76. The van der Waals surface area contributed by atoms with Crippen LogP contribution >= 0.6 is 23.4 Å². The van der Waals surface area contributed by atoms with E-state index in [2.05, 4.69) is 0 Å². The van der Waals surface area contributed by atoms with E-state index in [1.54, 1.807) is 26.0 Å². The molecule has 5 nitrogen and oxygen atoms in total. The SMILES string of the molecule is Cc1ccc(Cl)cc1S(=O)(=O)N1C(C)SCC1C(=O)O. The molecular weight excluding hydrogens is 322 g/mol. The number of carboxylic acid groups (broad SMARTS) is 1. The lowest BCUT2D eigenvalue weighted by Gasteiger charge is -2.25. The van der Waals surface area contributed by atoms with Crippen LogP contribution in [0.1, 0.15) is 12.5 Å². The molecule has 0 aromatic heterocycles. The molecule has 1 aromatic rings. The quantitative estimate of drug-likeness (QED) is 0.916. The maximum Gasteiger partial charge on any atom is 0.322 e. The Kier molecular flexibility index (Phi) is 4.34. The zero-order valence-electron chi connectivity index (χ0n) is 10.9. The van der Waals surface area contributed by atoms with Gasteiger partial charge in [0.2, 0.25) is 10.0 Å². The lowest BCUT2D eigenvalue weighted by Crippen LogP contribution is -2.44. The first kappa shape index (κ1) is 15.6. The van der Waals surface area contributed by atoms with Crippen LogP contribution in [0.4, 0.5) is 0 Å². The van der Waals surface area contributed by atoms with Gasteiger partial charge in [0.05, 0.1) is 10.3 Å². The minimum atomic E-state index is -3.89. The molecule has 0 bridgehead atoms. The average molecular weight is 336 g/mol. The Balaban J connectivity index is 2.53. The predicted molar refractivity (Wildman–Crippen MR) is 78.6 cm³/mol. The minimum Gasteiger partial charge on any atom is -0.480 e. The molecule has 1 N–H and O–H groups in total. The summed E-state index contributed by atoms with van der Waals surface area (Å²) < 4.78 is 26.5. The van der Waals surface area contributed by atoms with Gasteiger partial charge in [0.15, 0.2) is 0 Å². The number of aliphatic carboxylic acids is 1. The molecule has 8 heteroatoms. The number of benzene rings is 1. The van der Waals surface area contributed by atoms with E-state index in [-0.39, 0.29) is 10.6 Å². The van der Waals surface area contributed by atoms with Gasteiger partial charge in [-0.2, -0.15) is 4.31 Å². The van der Waals surface area contributed by atoms with Crippen LogP contribution in [-0.2, 0) is 14.8 Å². The summed E-state index contributed by atoms with van der Waals surface area (Å²) in [7, 11) is -3.89. The van der Waals surface area contributed by atoms with Crippen molar-refractivity contribution in [2.45, 2.75) is 30.2 Å². The number of carbonyl (C=O) groups is 1. The molecule has 2 unspecified atom stereocenters. The molecule has 0 spiro atoms. The standard InChI is InChI=1S/C12H14ClNO4S2/c1-7-3-4-9(13)5-11(7)20(17,18)14-8(2)19-6-10(14)12(15)16/h3-5,8,10H,6H2,1-2H3,(H,15,16). The highest BCUT2D eigenvalue weighted by atomic mass is 35.5. The van der Waals surface area contributed by atoms with Crippen LogP contribution in [0.15, 0.2) is 23.1 Å². The molecule has 0 aliphatic carbocycles. The second-order valence-electron chi connectivity index (χ2n) is 4.53. The highest BCUT2D eigenvalue weighted by Crippen LogP contribution is 2.35. The maximum atomic E-state index is 12.7. The van der Waals surface area contributed by atoms with E-state index in [1.165, 1.54) is 17.8 Å². The van der Waals surface area contributed by atoms with Crippen molar-refractivity contribution in [2.24, 2.45) is 0 Å². The Morgan fingerprint density at radius 1 is 1.50 bits per heavy atom. The van der Waals surface area contributed by atoms with E-state index in [0.29, 0.717) is 10.6 Å². The molecule has 0 saturated carbocycles. The zero-order chi connectivity index (χ0) is 15.1. The molecule has 1 aliphatic rings. The van der Waals surface area contributed by atoms with E-state index in [9.17, 15) is 18.3 Å². The molecule has 1 saturated heterocycles. The number of hydrogen-bond acceptors (Lipinski definition) is 4. The van der Waals surface area contributed by atoms with Gasteiger partial charge in [0.1, 0.15) is 6.04 Å². The summed E-state index contributed by atoms with van der Waals surface area (Å²) in [6, 6.07) is 3.53. The van der Waals surface area contributed by atoms with Gasteiger partial charge < -0.3 is 5.11 Å². The van der Waals surface area contributed by atoms with Crippen LogP contribution in [0, 0.1) is 6.92 Å². The number of hydrogen-bond donors (Lipinski definition) is 1. The summed E-state index contributed by atoms with van der Waals surface area (Å²) in [6.07, 6.45) is 0. The molecule has 0 radical (unpaired) electrons. The van der Waals surface area contributed by atoms with Crippen LogP contribution < -0.4 is 0 Å². The first-order valence-electron chi connectivity index (χ1n) is 5.89. The van der Waals surface area contributed by atoms with Crippen molar-refractivity contribution in [1.29, 1.82) is 0 Å². The summed E-state index contributed by atoms with van der Waals surface area (Å²) in [6.45, 7) is 3.35. The van der Waals surface area contributed by atoms with Gasteiger partial charge in [-0.25, -0.2) is 8.42 Å². The van der Waals surface area contributed by atoms with Crippen molar-refractivity contribution in [3.8, 4) is 0 Å². The number of thioether (sulfide) groups is 1. The summed E-state index contributed by atoms with van der Waals surface area (Å²) in [4.78, 5) is 11.3. The maximum absolute atomic E-state index is 12.7. The average Bonchev–Trinajstić information content (AvgIpc) is 2.75. The molecule has 1 aliphatic heterocycles. The first-order chi connectivity index (χ1) is 9.25. The van der Waals surface area contributed by atoms with Crippen molar-refractivity contribution in [1.82, 2.24) is 4.31 Å². The molecular formula is C12H14ClNO4S2. The van der Waals surface area contributed by atoms with Crippen LogP contribution in [-0.4, -0.2) is 41.0 Å². The van der Waals surface area contributed by atoms with Gasteiger partial charge >= 0.3 is 5.97 Å². The topological polar surface area (TPSA) is 74.7 Å². The fourth-order valence-corrected chi connectivity index (χ4v) is 5.92. The summed E-state index contributed by atoms with van der Waals surface area (Å²) in [5, 5.41) is 9.08. The third-order valence-corrected chi connectivity index (χ3v) is 6.86. The second-order valence-corrected chi connectivity index (χ2v) is 8.13. The van der Waals surface area contributed by atoms with Crippen molar-refractivity contribution in [2.75, 3.05) is 5.75 Å². The zero-order valence-corrected chi connectivity index (χ0v) is 13.3. The molecule has 1 aromatic carbocycles. The third kappa shape index (κ3) is 2.67. The van der Waals surface area contributed by atoms with Crippen molar-refractivity contribution in [3.63, 3.8) is 0 Å². The summed E-state index contributed by atoms with van der Waals surface area (Å²) in [5.74, 6) is -0.889. The highest BCUT2D eigenvalue weighted by Gasteiger charge is 2.44. The van der Waals surface area contributed by atoms with Gasteiger partial charge in [-0.3, -0.25) is 4.79 Å². The Bertz CT molecular complexity index is 647. The van der Waals surface area contributed by atoms with Crippen LogP contribution in [0.2, 0.25) is 5.02 Å². The largest absolute Gasteiger partial charge is 0.480 e. The number of aryl methyl sites for hydroxylation is 1. The lowest BCUT2D eigenvalue weighted by atomic mass is 10.2. The molecule has 2 rings (SSSR count). The van der Waals surface area contributed by atoms with E-state index in [1.807, 2.05) is 0 Å². The van der Waals surface area contributed by atoms with Crippen LogP contribution in [0.3, 0.4) is 0 Å². The predicted octanol–water partition coefficient (Wildman–Crippen LogP) is 2.19. The molecule has 110 valence electrons. The lowest BCUT2D eigenvalue weighted by molar-refractivity contribution is -0.140. The van der Waals surface area contributed by atoms with Gasteiger partial charge in [-0.05, 0) is 31.5 Å². The number of nitrogens with zero attached hydrogens (tertiary/aromatic N) is 1. The van der Waals surface area contributed by atoms with Gasteiger partial charge in [-0.1, -0.05) is 17.7 Å². The van der Waals surface area contributed by atoms with Crippen LogP contribution in [0.5, 0.6) is 0 Å². The van der Waals surface area contributed by atoms with Crippen molar-refractivity contribution < 1.29 is 18.3 Å². The van der Waals surface area contributed by atoms with Gasteiger partial charge in [-0.15, -0.1) is 11.8 Å². The highest BCUT2D eigenvalue weighted by molar-refractivity contribution is 8.01. The third-order valence-electron chi connectivity index (χ3n) is 3.15. The van der Waals surface area contributed by atoms with E-state index >= 15 is 0 Å². The second kappa shape index (κ2) is 5.55.